The first-order valence-corrected chi connectivity index (χ1v) is 12.4. The first-order valence-electron chi connectivity index (χ1n) is 12.4. The predicted octanol–water partition coefficient (Wildman–Crippen LogP) is 2.49. The largest absolute Gasteiger partial charge is 0.332 e. The molecule has 4 rings (SSSR count). The van der Waals surface area contributed by atoms with Gasteiger partial charge in [0.25, 0.3) is 5.56 Å². The van der Waals surface area contributed by atoms with E-state index in [1.807, 2.05) is 31.3 Å². The van der Waals surface area contributed by atoms with Crippen LogP contribution >= 0.6 is 0 Å². The summed E-state index contributed by atoms with van der Waals surface area (Å²) < 4.78 is 4.32. The molecule has 0 fully saturated rings. The van der Waals surface area contributed by atoms with E-state index in [1.165, 1.54) is 22.7 Å². The van der Waals surface area contributed by atoms with Crippen LogP contribution in [0.15, 0.2) is 76.6 Å². The lowest BCUT2D eigenvalue weighted by Crippen LogP contribution is -2.38. The summed E-state index contributed by atoms with van der Waals surface area (Å²) in [5, 5.41) is 6.68. The Kier molecular flexibility index (Phi) is 9.78. The molecule has 8 heteroatoms. The maximum atomic E-state index is 12.4. The summed E-state index contributed by atoms with van der Waals surface area (Å²) in [6, 6.07) is 21.8. The quantitative estimate of drug-likeness (QED) is 0.377. The van der Waals surface area contributed by atoms with Gasteiger partial charge in [0.1, 0.15) is 0 Å². The van der Waals surface area contributed by atoms with Crippen molar-refractivity contribution in [2.24, 2.45) is 14.1 Å². The second kappa shape index (κ2) is 13.0. The molecule has 2 heterocycles. The second-order valence-electron chi connectivity index (χ2n) is 9.24. The summed E-state index contributed by atoms with van der Waals surface area (Å²) in [6.07, 6.45) is 3.67. The molecule has 36 heavy (non-hydrogen) atoms. The third kappa shape index (κ3) is 7.02. The number of imidazole rings is 1. The van der Waals surface area contributed by atoms with Gasteiger partial charge in [-0.15, -0.1) is 0 Å². The fourth-order valence-corrected chi connectivity index (χ4v) is 4.11. The van der Waals surface area contributed by atoms with Crippen LogP contribution in [0.3, 0.4) is 0 Å². The zero-order valence-electron chi connectivity index (χ0n) is 21.9. The van der Waals surface area contributed by atoms with Gasteiger partial charge < -0.3 is 15.2 Å². The van der Waals surface area contributed by atoms with Crippen molar-refractivity contribution in [2.75, 3.05) is 13.6 Å². The Bertz CT molecular complexity index is 1340. The topological polar surface area (TPSA) is 85.9 Å². The first kappa shape index (κ1) is 27.1. The van der Waals surface area contributed by atoms with Crippen molar-refractivity contribution in [1.82, 2.24) is 29.3 Å². The molecule has 2 atom stereocenters. The van der Waals surface area contributed by atoms with Gasteiger partial charge >= 0.3 is 5.69 Å². The lowest BCUT2D eigenvalue weighted by atomic mass is 10.1. The van der Waals surface area contributed by atoms with Crippen molar-refractivity contribution in [3.8, 4) is 0 Å². The van der Waals surface area contributed by atoms with Gasteiger partial charge in [0, 0.05) is 39.3 Å². The van der Waals surface area contributed by atoms with Crippen molar-refractivity contribution in [2.45, 2.75) is 45.3 Å². The Morgan fingerprint density at radius 3 is 1.94 bits per heavy atom. The zero-order chi connectivity index (χ0) is 26.1. The van der Waals surface area contributed by atoms with E-state index in [9.17, 15) is 9.59 Å². The number of nitrogens with zero attached hydrogens (tertiary/aromatic N) is 4. The summed E-state index contributed by atoms with van der Waals surface area (Å²) in [7, 11) is 5.11. The first-order chi connectivity index (χ1) is 17.3. The number of benzene rings is 2. The molecule has 0 aliphatic heterocycles. The third-order valence-electron chi connectivity index (χ3n) is 6.32. The van der Waals surface area contributed by atoms with Crippen LogP contribution in [0.4, 0.5) is 0 Å². The number of hydrogen-bond acceptors (Lipinski definition) is 5. The maximum absolute atomic E-state index is 12.4. The van der Waals surface area contributed by atoms with Crippen molar-refractivity contribution in [3.63, 3.8) is 0 Å². The highest BCUT2D eigenvalue weighted by Crippen LogP contribution is 2.06. The molecule has 2 aromatic heterocycles. The van der Waals surface area contributed by atoms with Gasteiger partial charge in [-0.05, 0) is 44.9 Å². The van der Waals surface area contributed by atoms with E-state index in [0.29, 0.717) is 36.3 Å². The SMILES string of the molecule is CC(Cc1ccccc1)NCCn1cnc2c1c(=O)n(C)c(=O)n2C.CN[C@@H](C)Cc1ccccc1. The molecule has 0 saturated heterocycles. The molecule has 8 nitrogen and oxygen atoms in total. The molecule has 0 saturated carbocycles. The van der Waals surface area contributed by atoms with Gasteiger partial charge in [-0.3, -0.25) is 13.9 Å². The lowest BCUT2D eigenvalue weighted by Gasteiger charge is -2.14. The molecule has 0 radical (unpaired) electrons. The van der Waals surface area contributed by atoms with Crippen LogP contribution in [0.1, 0.15) is 25.0 Å². The van der Waals surface area contributed by atoms with E-state index < -0.39 is 0 Å². The molecular weight excluding hydrogens is 452 g/mol. The van der Waals surface area contributed by atoms with E-state index >= 15 is 0 Å². The lowest BCUT2D eigenvalue weighted by molar-refractivity contribution is 0.515. The molecule has 192 valence electrons. The minimum atomic E-state index is -0.364. The van der Waals surface area contributed by atoms with Crippen molar-refractivity contribution < 1.29 is 0 Å². The Morgan fingerprint density at radius 2 is 1.39 bits per heavy atom. The van der Waals surface area contributed by atoms with E-state index in [4.69, 9.17) is 0 Å². The third-order valence-corrected chi connectivity index (χ3v) is 6.32. The molecule has 4 aromatic rings. The smallest absolute Gasteiger partial charge is 0.323 e. The minimum absolute atomic E-state index is 0.312. The van der Waals surface area contributed by atoms with Crippen molar-refractivity contribution in [1.29, 1.82) is 0 Å². The van der Waals surface area contributed by atoms with Gasteiger partial charge in [0.15, 0.2) is 11.2 Å². The van der Waals surface area contributed by atoms with Gasteiger partial charge in [0.2, 0.25) is 0 Å². The highest BCUT2D eigenvalue weighted by atomic mass is 16.2. The van der Waals surface area contributed by atoms with Crippen LogP contribution in [-0.2, 0) is 33.5 Å². The average Bonchev–Trinajstić information content (AvgIpc) is 3.32. The Labute approximate surface area is 212 Å². The highest BCUT2D eigenvalue weighted by Gasteiger charge is 2.14. The summed E-state index contributed by atoms with van der Waals surface area (Å²) in [5.74, 6) is 0. The van der Waals surface area contributed by atoms with Crippen LogP contribution < -0.4 is 21.9 Å². The minimum Gasteiger partial charge on any atom is -0.323 e. The number of aryl methyl sites for hydroxylation is 1. The zero-order valence-corrected chi connectivity index (χ0v) is 21.9. The predicted molar refractivity (Wildman–Crippen MR) is 146 cm³/mol. The van der Waals surface area contributed by atoms with E-state index in [1.54, 1.807) is 17.9 Å². The summed E-state index contributed by atoms with van der Waals surface area (Å²) >= 11 is 0. The number of aromatic nitrogens is 4. The van der Waals surface area contributed by atoms with Gasteiger partial charge in [-0.2, -0.15) is 0 Å². The Balaban J connectivity index is 0.000000275. The number of rotatable bonds is 9. The maximum Gasteiger partial charge on any atom is 0.332 e. The van der Waals surface area contributed by atoms with Gasteiger partial charge in [-0.25, -0.2) is 9.78 Å². The number of nitrogens with one attached hydrogen (secondary N) is 2. The summed E-state index contributed by atoms with van der Waals surface area (Å²) in [5.41, 5.74) is 2.90. The fourth-order valence-electron chi connectivity index (χ4n) is 4.11. The second-order valence-corrected chi connectivity index (χ2v) is 9.24. The molecule has 1 unspecified atom stereocenters. The number of fused-ring (bicyclic) bond motifs is 1. The van der Waals surface area contributed by atoms with Crippen LogP contribution in [0.25, 0.3) is 11.2 Å². The van der Waals surface area contributed by atoms with Crippen LogP contribution in [0, 0.1) is 0 Å². The van der Waals surface area contributed by atoms with Crippen LogP contribution in [-0.4, -0.2) is 44.4 Å². The van der Waals surface area contributed by atoms with Gasteiger partial charge in [0.05, 0.1) is 6.33 Å². The molecule has 2 aromatic carbocycles. The molecule has 0 amide bonds. The van der Waals surface area contributed by atoms with E-state index in [0.717, 1.165) is 17.4 Å². The molecule has 0 spiro atoms. The van der Waals surface area contributed by atoms with Crippen molar-refractivity contribution in [3.05, 3.63) is 99.0 Å². The van der Waals surface area contributed by atoms with Crippen molar-refractivity contribution >= 4 is 11.2 Å². The highest BCUT2D eigenvalue weighted by molar-refractivity contribution is 5.69. The Hall–Kier alpha value is -3.49. The van der Waals surface area contributed by atoms with E-state index in [2.05, 4.69) is 65.9 Å². The summed E-state index contributed by atoms with van der Waals surface area (Å²) in [6.45, 7) is 5.66. The number of likely N-dealkylation sites (N-methyl/N-ethyl adjacent to an activating group) is 1. The molecule has 0 aliphatic carbocycles. The van der Waals surface area contributed by atoms with Crippen LogP contribution in [0.5, 0.6) is 0 Å². The normalized spacial score (nSPS) is 12.7. The average molecular weight is 491 g/mol. The standard InChI is InChI=1S/C18H23N5O2.C10H15N/c1-13(11-14-7-5-4-6-8-14)19-9-10-23-12-20-16-15(23)17(24)22(3)18(25)21(16)2;1-9(11-2)8-10-6-4-3-5-7-10/h4-8,12-13,19H,9-11H2,1-3H3;3-7,9,11H,8H2,1-2H3/t;9-/m.0/s1. The van der Waals surface area contributed by atoms with E-state index in [-0.39, 0.29) is 11.2 Å². The monoisotopic (exact) mass is 490 g/mol. The molecule has 0 aliphatic rings. The van der Waals surface area contributed by atoms with Gasteiger partial charge in [-0.1, -0.05) is 60.7 Å². The molecule has 0 bridgehead atoms. The van der Waals surface area contributed by atoms with Crippen LogP contribution in [0.2, 0.25) is 0 Å². The fraction of sp³-hybridized carbons (Fsp3) is 0.393. The molecule has 2 N–H and O–H groups in total. The molecular formula is C28H38N6O2. The number of hydrogen-bond donors (Lipinski definition) is 2. The summed E-state index contributed by atoms with van der Waals surface area (Å²) in [4.78, 5) is 28.6. The Morgan fingerprint density at radius 1 is 0.833 bits per heavy atom.